The van der Waals surface area contributed by atoms with Crippen LogP contribution in [0.1, 0.15) is 22.3 Å². The van der Waals surface area contributed by atoms with Crippen LogP contribution in [0.15, 0.2) is 87.1 Å². The summed E-state index contributed by atoms with van der Waals surface area (Å²) in [4.78, 5) is 0.0177. The van der Waals surface area contributed by atoms with E-state index in [1.54, 1.807) is 48.5 Å². The van der Waals surface area contributed by atoms with Crippen LogP contribution >= 0.6 is 0 Å². The van der Waals surface area contributed by atoms with E-state index >= 15 is 0 Å². The van der Waals surface area contributed by atoms with Crippen LogP contribution in [0, 0.1) is 13.8 Å². The molecule has 0 aliphatic carbocycles. The molecular weight excluding hydrogens is 472 g/mol. The molecule has 0 radical (unpaired) electrons. The van der Waals surface area contributed by atoms with Crippen LogP contribution in [0.4, 0.5) is 0 Å². The third-order valence-corrected chi connectivity index (χ3v) is 8.50. The van der Waals surface area contributed by atoms with Gasteiger partial charge < -0.3 is 4.74 Å². The number of nitrogens with zero attached hydrogens (tertiary/aromatic N) is 2. The number of amidine groups is 1. The number of rotatable bonds is 5. The first-order valence-electron chi connectivity index (χ1n) is 10.5. The van der Waals surface area contributed by atoms with E-state index in [1.807, 2.05) is 13.8 Å². The highest BCUT2D eigenvalue weighted by Crippen LogP contribution is 2.28. The van der Waals surface area contributed by atoms with Crippen molar-refractivity contribution < 1.29 is 21.6 Å². The third-order valence-electron chi connectivity index (χ3n) is 5.46. The summed E-state index contributed by atoms with van der Waals surface area (Å²) in [7, 11) is -6.78. The molecule has 34 heavy (non-hydrogen) atoms. The minimum atomic E-state index is -4.18. The zero-order valence-electron chi connectivity index (χ0n) is 19.0. The monoisotopic (exact) mass is 496 g/mol. The number of fused-ring (bicyclic) bond motifs is 1. The molecule has 7 nitrogen and oxygen atoms in total. The van der Waals surface area contributed by atoms with Crippen molar-refractivity contribution in [3.63, 3.8) is 0 Å². The smallest absolute Gasteiger partial charge is 0.283 e. The van der Waals surface area contributed by atoms with E-state index in [4.69, 9.17) is 4.74 Å². The topological polar surface area (TPSA) is 93.1 Å². The zero-order valence-corrected chi connectivity index (χ0v) is 20.6. The number of benzene rings is 3. The lowest BCUT2D eigenvalue weighted by atomic mass is 10.0. The van der Waals surface area contributed by atoms with Crippen LogP contribution in [0.3, 0.4) is 0 Å². The van der Waals surface area contributed by atoms with Gasteiger partial charge in [-0.05, 0) is 67.4 Å². The van der Waals surface area contributed by atoms with Crippen molar-refractivity contribution in [1.29, 1.82) is 0 Å². The Morgan fingerprint density at radius 1 is 0.824 bits per heavy atom. The molecule has 1 aliphatic heterocycles. The maximum absolute atomic E-state index is 13.6. The summed E-state index contributed by atoms with van der Waals surface area (Å²) in [6, 6.07) is 17.9. The summed E-state index contributed by atoms with van der Waals surface area (Å²) in [6.07, 6.45) is 2.94. The van der Waals surface area contributed by atoms with Gasteiger partial charge in [-0.3, -0.25) is 0 Å². The molecule has 0 atom stereocenters. The summed E-state index contributed by atoms with van der Waals surface area (Å²) >= 11 is 0. The molecule has 0 saturated carbocycles. The highest BCUT2D eigenvalue weighted by molar-refractivity contribution is 7.91. The molecule has 3 aromatic rings. The Morgan fingerprint density at radius 2 is 1.41 bits per heavy atom. The maximum Gasteiger partial charge on any atom is 0.283 e. The molecule has 176 valence electrons. The van der Waals surface area contributed by atoms with Crippen molar-refractivity contribution in [1.82, 2.24) is 4.31 Å². The maximum atomic E-state index is 13.6. The van der Waals surface area contributed by atoms with Gasteiger partial charge in [0.25, 0.3) is 20.0 Å². The first kappa shape index (κ1) is 23.7. The number of hydrogen-bond acceptors (Lipinski definition) is 5. The number of sulfonamides is 2. The Balaban J connectivity index is 1.88. The van der Waals surface area contributed by atoms with Crippen LogP contribution < -0.4 is 4.74 Å². The molecule has 4 rings (SSSR count). The van der Waals surface area contributed by atoms with Crippen LogP contribution in [-0.4, -0.2) is 34.1 Å². The van der Waals surface area contributed by atoms with Gasteiger partial charge in [-0.2, -0.15) is 8.42 Å². The van der Waals surface area contributed by atoms with Crippen LogP contribution in [0.5, 0.6) is 5.75 Å². The molecular formula is C25H24N2O5S2. The van der Waals surface area contributed by atoms with E-state index in [0.717, 1.165) is 21.0 Å². The third kappa shape index (κ3) is 4.76. The number of aryl methyl sites for hydroxylation is 2. The number of methoxy groups -OCH3 is 1. The highest BCUT2D eigenvalue weighted by Gasteiger charge is 2.30. The van der Waals surface area contributed by atoms with E-state index in [-0.39, 0.29) is 22.0 Å². The molecule has 1 heterocycles. The van der Waals surface area contributed by atoms with E-state index in [9.17, 15) is 16.8 Å². The number of ether oxygens (including phenoxy) is 1. The molecule has 0 spiro atoms. The molecule has 1 aliphatic rings. The average Bonchev–Trinajstić information content (AvgIpc) is 2.98. The van der Waals surface area contributed by atoms with Crippen molar-refractivity contribution in [3.05, 3.63) is 95.2 Å². The van der Waals surface area contributed by atoms with Crippen molar-refractivity contribution in [3.8, 4) is 5.75 Å². The predicted octanol–water partition coefficient (Wildman–Crippen LogP) is 4.32. The van der Waals surface area contributed by atoms with Gasteiger partial charge in [-0.25, -0.2) is 12.7 Å². The normalized spacial score (nSPS) is 15.1. The molecule has 3 aromatic carbocycles. The Kier molecular flexibility index (Phi) is 6.33. The van der Waals surface area contributed by atoms with E-state index in [0.29, 0.717) is 11.3 Å². The molecule has 0 unspecified atom stereocenters. The van der Waals surface area contributed by atoms with E-state index < -0.39 is 20.0 Å². The van der Waals surface area contributed by atoms with Crippen molar-refractivity contribution in [2.75, 3.05) is 7.11 Å². The molecule has 0 aromatic heterocycles. The Morgan fingerprint density at radius 3 is 2.00 bits per heavy atom. The van der Waals surface area contributed by atoms with Crippen LogP contribution in [0.25, 0.3) is 6.08 Å². The minimum absolute atomic E-state index is 0.0163. The Bertz CT molecular complexity index is 1490. The fraction of sp³-hybridized carbons (Fsp3) is 0.160. The number of hydrogen-bond donors (Lipinski definition) is 0. The zero-order chi connectivity index (χ0) is 24.5. The van der Waals surface area contributed by atoms with Gasteiger partial charge in [-0.15, -0.1) is 4.40 Å². The molecule has 0 bridgehead atoms. The molecule has 0 N–H and O–H groups in total. The van der Waals surface area contributed by atoms with E-state index in [2.05, 4.69) is 4.40 Å². The van der Waals surface area contributed by atoms with E-state index in [1.165, 1.54) is 37.6 Å². The second kappa shape index (κ2) is 9.08. The molecule has 0 amide bonds. The van der Waals surface area contributed by atoms with Crippen molar-refractivity contribution in [2.45, 2.75) is 30.1 Å². The standard InChI is InChI=1S/C25H24N2O5S2/c1-18-4-10-23(11-5-18)33(28,29)26-25-17-21-16-22(32-3)9-8-20(21)14-15-27(25)34(30,31)24-12-6-19(2)7-13-24/h4-16H,17H2,1-3H3/b26-25-. The lowest BCUT2D eigenvalue weighted by Gasteiger charge is -2.21. The average molecular weight is 497 g/mol. The first-order chi connectivity index (χ1) is 16.1. The minimum Gasteiger partial charge on any atom is -0.497 e. The molecule has 0 saturated heterocycles. The van der Waals surface area contributed by atoms with Crippen molar-refractivity contribution >= 4 is 32.0 Å². The Hall–Kier alpha value is -3.43. The van der Waals surface area contributed by atoms with Gasteiger partial charge in [0.05, 0.1) is 16.9 Å². The van der Waals surface area contributed by atoms with Crippen LogP contribution in [-0.2, 0) is 26.5 Å². The second-order valence-corrected chi connectivity index (χ2v) is 11.4. The van der Waals surface area contributed by atoms with Gasteiger partial charge in [-0.1, -0.05) is 41.5 Å². The predicted molar refractivity (Wildman–Crippen MR) is 132 cm³/mol. The molecule has 9 heteroatoms. The summed E-state index contributed by atoms with van der Waals surface area (Å²) < 4.78 is 63.7. The lowest BCUT2D eigenvalue weighted by Crippen LogP contribution is -2.34. The molecule has 0 fully saturated rings. The van der Waals surface area contributed by atoms with Crippen molar-refractivity contribution in [2.24, 2.45) is 4.40 Å². The van der Waals surface area contributed by atoms with Gasteiger partial charge in [0.1, 0.15) is 11.6 Å². The van der Waals surface area contributed by atoms with Crippen LogP contribution in [0.2, 0.25) is 0 Å². The fourth-order valence-corrected chi connectivity index (χ4v) is 5.90. The second-order valence-electron chi connectivity index (χ2n) is 7.97. The summed E-state index contributed by atoms with van der Waals surface area (Å²) in [5, 5.41) is 0. The lowest BCUT2D eigenvalue weighted by molar-refractivity contribution is 0.414. The van der Waals surface area contributed by atoms with Gasteiger partial charge in [0.2, 0.25) is 0 Å². The summed E-state index contributed by atoms with van der Waals surface area (Å²) in [5.74, 6) is 0.437. The highest BCUT2D eigenvalue weighted by atomic mass is 32.2. The van der Waals surface area contributed by atoms with Gasteiger partial charge in [0, 0.05) is 12.6 Å². The van der Waals surface area contributed by atoms with Gasteiger partial charge in [0.15, 0.2) is 0 Å². The summed E-state index contributed by atoms with van der Waals surface area (Å²) in [6.45, 7) is 3.70. The quantitative estimate of drug-likeness (QED) is 0.525. The largest absolute Gasteiger partial charge is 0.497 e. The van der Waals surface area contributed by atoms with Gasteiger partial charge >= 0.3 is 0 Å². The SMILES string of the molecule is COc1ccc2c(c1)C/C(=N/S(=O)(=O)c1ccc(C)cc1)N(S(=O)(=O)c1ccc(C)cc1)C=C2. The Labute approximate surface area is 200 Å². The first-order valence-corrected chi connectivity index (χ1v) is 13.3. The fourth-order valence-electron chi connectivity index (χ4n) is 3.52. The summed E-state index contributed by atoms with van der Waals surface area (Å²) in [5.41, 5.74) is 3.23.